The van der Waals surface area contributed by atoms with Gasteiger partial charge in [0.05, 0.1) is 8.67 Å². The summed E-state index contributed by atoms with van der Waals surface area (Å²) < 4.78 is 1.35. The summed E-state index contributed by atoms with van der Waals surface area (Å²) in [5.74, 6) is -0.0356. The van der Waals surface area contributed by atoms with E-state index in [1.165, 1.54) is 16.2 Å². The van der Waals surface area contributed by atoms with E-state index in [-0.39, 0.29) is 11.9 Å². The maximum absolute atomic E-state index is 11.6. The predicted molar refractivity (Wildman–Crippen MR) is 87.4 cm³/mol. The quantitative estimate of drug-likeness (QED) is 0.742. The second-order valence-corrected chi connectivity index (χ2v) is 6.96. The van der Waals surface area contributed by atoms with Crippen LogP contribution in [-0.4, -0.2) is 44.0 Å². The van der Waals surface area contributed by atoms with Gasteiger partial charge in [-0.3, -0.25) is 4.79 Å². The Morgan fingerprint density at radius 2 is 1.90 bits per heavy atom. The first kappa shape index (κ1) is 18.1. The third-order valence-electron chi connectivity index (χ3n) is 2.71. The Morgan fingerprint density at radius 3 is 2.48 bits per heavy atom. The topological polar surface area (TPSA) is 61.4 Å². The Balaban J connectivity index is 2.12. The monoisotopic (exact) mass is 351 g/mol. The summed E-state index contributed by atoms with van der Waals surface area (Å²) in [7, 11) is 3.32. The van der Waals surface area contributed by atoms with Crippen molar-refractivity contribution in [2.24, 2.45) is 0 Å². The highest BCUT2D eigenvalue weighted by Crippen LogP contribution is 2.31. The van der Waals surface area contributed by atoms with Crippen molar-refractivity contribution >= 4 is 46.5 Å². The van der Waals surface area contributed by atoms with Crippen molar-refractivity contribution in [2.75, 3.05) is 27.2 Å². The number of hydrogen-bond acceptors (Lipinski definition) is 3. The van der Waals surface area contributed by atoms with Crippen LogP contribution in [0.1, 0.15) is 18.4 Å². The Labute approximate surface area is 138 Å². The van der Waals surface area contributed by atoms with Crippen LogP contribution in [0, 0.1) is 0 Å². The van der Waals surface area contributed by atoms with Crippen LogP contribution in [0.2, 0.25) is 8.67 Å². The van der Waals surface area contributed by atoms with E-state index >= 15 is 0 Å². The van der Waals surface area contributed by atoms with Gasteiger partial charge in [-0.05, 0) is 24.5 Å². The van der Waals surface area contributed by atoms with E-state index < -0.39 is 0 Å². The molecule has 5 nitrogen and oxygen atoms in total. The minimum absolute atomic E-state index is 0.0356. The molecule has 0 fully saturated rings. The standard InChI is InChI=1S/C13H19Cl2N3O2S/c1-18(2)13(20)17-7-6-16-11(19)5-3-4-9-8-10(14)21-12(9)15/h8H,3-7H2,1-2H3,(H,16,19)(H,17,20). The van der Waals surface area contributed by atoms with E-state index in [4.69, 9.17) is 23.2 Å². The van der Waals surface area contributed by atoms with Crippen LogP contribution in [0.25, 0.3) is 0 Å². The molecule has 0 aliphatic heterocycles. The molecule has 1 aromatic rings. The molecule has 0 radical (unpaired) electrons. The fourth-order valence-electron chi connectivity index (χ4n) is 1.60. The van der Waals surface area contributed by atoms with Crippen LogP contribution in [0.15, 0.2) is 6.07 Å². The lowest BCUT2D eigenvalue weighted by atomic mass is 10.1. The second-order valence-electron chi connectivity index (χ2n) is 4.68. The highest BCUT2D eigenvalue weighted by Gasteiger charge is 2.07. The van der Waals surface area contributed by atoms with Crippen LogP contribution in [0.5, 0.6) is 0 Å². The molecule has 118 valence electrons. The number of rotatable bonds is 7. The van der Waals surface area contributed by atoms with Crippen molar-refractivity contribution in [1.29, 1.82) is 0 Å². The van der Waals surface area contributed by atoms with Gasteiger partial charge in [-0.15, -0.1) is 11.3 Å². The third-order valence-corrected chi connectivity index (χ3v) is 4.28. The number of nitrogens with one attached hydrogen (secondary N) is 2. The largest absolute Gasteiger partial charge is 0.354 e. The van der Waals surface area contributed by atoms with Crippen LogP contribution < -0.4 is 10.6 Å². The van der Waals surface area contributed by atoms with Gasteiger partial charge in [-0.1, -0.05) is 23.2 Å². The van der Waals surface area contributed by atoms with Gasteiger partial charge in [-0.2, -0.15) is 0 Å². The second kappa shape index (κ2) is 9.12. The Hall–Kier alpha value is -0.980. The lowest BCUT2D eigenvalue weighted by Crippen LogP contribution is -2.39. The van der Waals surface area contributed by atoms with E-state index in [0.717, 1.165) is 12.0 Å². The normalized spacial score (nSPS) is 10.3. The van der Waals surface area contributed by atoms with Crippen molar-refractivity contribution in [3.05, 3.63) is 20.3 Å². The molecule has 1 aromatic heterocycles. The lowest BCUT2D eigenvalue weighted by molar-refractivity contribution is -0.121. The van der Waals surface area contributed by atoms with Crippen molar-refractivity contribution in [3.63, 3.8) is 0 Å². The molecule has 2 N–H and O–H groups in total. The molecule has 0 bridgehead atoms. The first-order valence-corrected chi connectivity index (χ1v) is 8.13. The molecule has 0 saturated carbocycles. The first-order chi connectivity index (χ1) is 9.90. The van der Waals surface area contributed by atoms with Gasteiger partial charge < -0.3 is 15.5 Å². The molecule has 21 heavy (non-hydrogen) atoms. The number of nitrogens with zero attached hydrogens (tertiary/aromatic N) is 1. The van der Waals surface area contributed by atoms with E-state index in [1.807, 2.05) is 6.07 Å². The van der Waals surface area contributed by atoms with Gasteiger partial charge in [0.1, 0.15) is 0 Å². The van der Waals surface area contributed by atoms with Crippen molar-refractivity contribution < 1.29 is 9.59 Å². The molecule has 3 amide bonds. The number of amides is 3. The zero-order valence-electron chi connectivity index (χ0n) is 12.0. The fourth-order valence-corrected chi connectivity index (χ4v) is 3.15. The van der Waals surface area contributed by atoms with Gasteiger partial charge in [0.2, 0.25) is 5.91 Å². The molecular weight excluding hydrogens is 333 g/mol. The summed E-state index contributed by atoms with van der Waals surface area (Å²) in [4.78, 5) is 24.3. The molecule has 0 saturated heterocycles. The molecule has 0 unspecified atom stereocenters. The maximum atomic E-state index is 11.6. The molecular formula is C13H19Cl2N3O2S. The fraction of sp³-hybridized carbons (Fsp3) is 0.538. The van der Waals surface area contributed by atoms with Crippen LogP contribution in [0.3, 0.4) is 0 Å². The van der Waals surface area contributed by atoms with Gasteiger partial charge in [0.15, 0.2) is 0 Å². The maximum Gasteiger partial charge on any atom is 0.316 e. The minimum Gasteiger partial charge on any atom is -0.354 e. The number of aryl methyl sites for hydroxylation is 1. The minimum atomic E-state index is -0.173. The number of urea groups is 1. The zero-order chi connectivity index (χ0) is 15.8. The van der Waals surface area contributed by atoms with Gasteiger partial charge in [0, 0.05) is 33.6 Å². The van der Waals surface area contributed by atoms with Crippen LogP contribution in [-0.2, 0) is 11.2 Å². The van der Waals surface area contributed by atoms with E-state index in [1.54, 1.807) is 14.1 Å². The Kier molecular flexibility index (Phi) is 7.85. The van der Waals surface area contributed by atoms with Gasteiger partial charge in [0.25, 0.3) is 0 Å². The summed E-state index contributed by atoms with van der Waals surface area (Å²) in [5, 5.41) is 5.43. The molecule has 1 rings (SSSR count). The SMILES string of the molecule is CN(C)C(=O)NCCNC(=O)CCCc1cc(Cl)sc1Cl. The predicted octanol–water partition coefficient (Wildman–Crippen LogP) is 2.77. The van der Waals surface area contributed by atoms with Crippen LogP contribution >= 0.6 is 34.5 Å². The van der Waals surface area contributed by atoms with Crippen molar-refractivity contribution in [2.45, 2.75) is 19.3 Å². The van der Waals surface area contributed by atoms with E-state index in [9.17, 15) is 9.59 Å². The van der Waals surface area contributed by atoms with E-state index in [0.29, 0.717) is 34.6 Å². The third kappa shape index (κ3) is 7.02. The van der Waals surface area contributed by atoms with Crippen molar-refractivity contribution in [3.8, 4) is 0 Å². The van der Waals surface area contributed by atoms with Crippen LogP contribution in [0.4, 0.5) is 4.79 Å². The molecule has 0 aliphatic carbocycles. The Bertz CT molecular complexity index is 492. The summed E-state index contributed by atoms with van der Waals surface area (Å²) >= 11 is 13.2. The highest BCUT2D eigenvalue weighted by molar-refractivity contribution is 7.20. The molecule has 0 aliphatic rings. The smallest absolute Gasteiger partial charge is 0.316 e. The average Bonchev–Trinajstić information content (AvgIpc) is 2.72. The first-order valence-electron chi connectivity index (χ1n) is 6.55. The molecule has 0 spiro atoms. The summed E-state index contributed by atoms with van der Waals surface area (Å²) in [6.45, 7) is 0.832. The van der Waals surface area contributed by atoms with Gasteiger partial charge in [-0.25, -0.2) is 4.79 Å². The number of carbonyl (C=O) groups is 2. The summed E-state index contributed by atoms with van der Waals surface area (Å²) in [5.41, 5.74) is 0.984. The molecule has 0 aromatic carbocycles. The number of halogens is 2. The van der Waals surface area contributed by atoms with Gasteiger partial charge >= 0.3 is 6.03 Å². The Morgan fingerprint density at radius 1 is 1.24 bits per heavy atom. The summed E-state index contributed by atoms with van der Waals surface area (Å²) in [6.07, 6.45) is 1.86. The lowest BCUT2D eigenvalue weighted by Gasteiger charge is -2.12. The molecule has 8 heteroatoms. The highest BCUT2D eigenvalue weighted by atomic mass is 35.5. The number of thiophene rings is 1. The number of hydrogen-bond donors (Lipinski definition) is 2. The van der Waals surface area contributed by atoms with E-state index in [2.05, 4.69) is 10.6 Å². The number of carbonyl (C=O) groups excluding carboxylic acids is 2. The average molecular weight is 352 g/mol. The molecule has 0 atom stereocenters. The molecule has 1 heterocycles. The summed E-state index contributed by atoms with van der Waals surface area (Å²) in [6, 6.07) is 1.66. The van der Waals surface area contributed by atoms with Crippen molar-refractivity contribution in [1.82, 2.24) is 15.5 Å². The zero-order valence-corrected chi connectivity index (χ0v) is 14.4.